The Hall–Kier alpha value is -2.45. The number of nitrogens with zero attached hydrogens (tertiary/aromatic N) is 2. The van der Waals surface area contributed by atoms with Crippen LogP contribution in [0.5, 0.6) is 0 Å². The minimum atomic E-state index is -0.462. The van der Waals surface area contributed by atoms with Crippen LogP contribution < -0.4 is 5.32 Å². The van der Waals surface area contributed by atoms with Crippen LogP contribution in [0.1, 0.15) is 5.56 Å². The summed E-state index contributed by atoms with van der Waals surface area (Å²) in [5, 5.41) is 13.8. The number of hydrogen-bond donors (Lipinski definition) is 1. The summed E-state index contributed by atoms with van der Waals surface area (Å²) in [5.41, 5.74) is 1.44. The minimum Gasteiger partial charge on any atom is -0.300 e. The van der Waals surface area contributed by atoms with Crippen LogP contribution in [0.15, 0.2) is 62.9 Å². The van der Waals surface area contributed by atoms with Gasteiger partial charge >= 0.3 is 0 Å². The second-order valence-corrected chi connectivity index (χ2v) is 6.67. The van der Waals surface area contributed by atoms with Gasteiger partial charge in [-0.25, -0.2) is 4.99 Å². The number of halogens is 1. The van der Waals surface area contributed by atoms with Crippen molar-refractivity contribution in [2.24, 2.45) is 4.99 Å². The van der Waals surface area contributed by atoms with E-state index in [9.17, 15) is 14.9 Å². The first-order chi connectivity index (χ1) is 11.5. The Morgan fingerprint density at radius 3 is 2.54 bits per heavy atom. The van der Waals surface area contributed by atoms with Gasteiger partial charge in [-0.2, -0.15) is 0 Å². The van der Waals surface area contributed by atoms with Crippen molar-refractivity contribution in [1.82, 2.24) is 5.32 Å². The van der Waals surface area contributed by atoms with Crippen molar-refractivity contribution >= 4 is 56.2 Å². The highest BCUT2D eigenvalue weighted by atomic mass is 79.9. The number of non-ortho nitro benzene ring substituents is 1. The summed E-state index contributed by atoms with van der Waals surface area (Å²) in [7, 11) is 0. The summed E-state index contributed by atoms with van der Waals surface area (Å²) in [5.74, 6) is -0.246. The zero-order valence-corrected chi connectivity index (χ0v) is 14.5. The topological polar surface area (TPSA) is 84.6 Å². The van der Waals surface area contributed by atoms with Gasteiger partial charge in [-0.3, -0.25) is 14.9 Å². The Morgan fingerprint density at radius 1 is 1.17 bits per heavy atom. The quantitative estimate of drug-likeness (QED) is 0.471. The number of amidine groups is 1. The van der Waals surface area contributed by atoms with Crippen molar-refractivity contribution in [3.05, 3.63) is 73.6 Å². The number of carbonyl (C=O) groups excluding carboxylic acids is 1. The average Bonchev–Trinajstić information content (AvgIpc) is 2.90. The lowest BCUT2D eigenvalue weighted by Crippen LogP contribution is -2.19. The number of nitro benzene ring substituents is 1. The van der Waals surface area contributed by atoms with Crippen molar-refractivity contribution < 1.29 is 9.72 Å². The van der Waals surface area contributed by atoms with Crippen LogP contribution in [0, 0.1) is 10.1 Å². The monoisotopic (exact) mass is 403 g/mol. The van der Waals surface area contributed by atoms with Gasteiger partial charge < -0.3 is 5.32 Å². The molecular formula is C16H10BrN3O3S. The number of benzene rings is 2. The maximum absolute atomic E-state index is 12.0. The van der Waals surface area contributed by atoms with Crippen LogP contribution in [0.4, 0.5) is 11.4 Å². The summed E-state index contributed by atoms with van der Waals surface area (Å²) in [6.45, 7) is 0. The van der Waals surface area contributed by atoms with Crippen molar-refractivity contribution in [2.75, 3.05) is 0 Å². The molecule has 1 saturated heterocycles. The maximum Gasteiger partial charge on any atom is 0.269 e. The number of hydrogen-bond acceptors (Lipinski definition) is 5. The molecule has 1 heterocycles. The minimum absolute atomic E-state index is 0.0110. The molecule has 2 aromatic rings. The zero-order valence-electron chi connectivity index (χ0n) is 12.1. The third-order valence-electron chi connectivity index (χ3n) is 3.13. The van der Waals surface area contributed by atoms with E-state index in [1.807, 2.05) is 24.3 Å². The largest absolute Gasteiger partial charge is 0.300 e. The highest BCUT2D eigenvalue weighted by molar-refractivity contribution is 9.10. The molecule has 0 bridgehead atoms. The highest BCUT2D eigenvalue weighted by Crippen LogP contribution is 2.31. The van der Waals surface area contributed by atoms with Crippen molar-refractivity contribution in [3.63, 3.8) is 0 Å². The van der Waals surface area contributed by atoms with E-state index >= 15 is 0 Å². The predicted molar refractivity (Wildman–Crippen MR) is 98.0 cm³/mol. The predicted octanol–water partition coefficient (Wildman–Crippen LogP) is 4.25. The maximum atomic E-state index is 12.0. The average molecular weight is 404 g/mol. The van der Waals surface area contributed by atoms with Gasteiger partial charge in [0.25, 0.3) is 11.6 Å². The van der Waals surface area contributed by atoms with Gasteiger partial charge in [0, 0.05) is 16.6 Å². The molecule has 1 aliphatic heterocycles. The first-order valence-electron chi connectivity index (χ1n) is 6.81. The molecule has 1 N–H and O–H groups in total. The van der Waals surface area contributed by atoms with E-state index in [0.717, 1.165) is 10.2 Å². The lowest BCUT2D eigenvalue weighted by atomic mass is 10.2. The molecule has 24 heavy (non-hydrogen) atoms. The lowest BCUT2D eigenvalue weighted by molar-refractivity contribution is -0.384. The van der Waals surface area contributed by atoms with Crippen LogP contribution in [-0.4, -0.2) is 16.0 Å². The Kier molecular flexibility index (Phi) is 4.77. The van der Waals surface area contributed by atoms with E-state index in [1.165, 1.54) is 23.9 Å². The fourth-order valence-electron chi connectivity index (χ4n) is 1.98. The molecule has 8 heteroatoms. The lowest BCUT2D eigenvalue weighted by Gasteiger charge is -1.98. The zero-order chi connectivity index (χ0) is 17.1. The number of thioether (sulfide) groups is 1. The first-order valence-corrected chi connectivity index (χ1v) is 8.42. The molecule has 0 aliphatic carbocycles. The summed E-state index contributed by atoms with van der Waals surface area (Å²) >= 11 is 4.63. The molecule has 120 valence electrons. The molecule has 1 fully saturated rings. The number of nitrogens with one attached hydrogen (secondary N) is 1. The smallest absolute Gasteiger partial charge is 0.269 e. The molecule has 0 spiro atoms. The molecule has 2 aromatic carbocycles. The summed E-state index contributed by atoms with van der Waals surface area (Å²) in [6, 6.07) is 13.5. The van der Waals surface area contributed by atoms with Gasteiger partial charge in [-0.15, -0.1) is 0 Å². The molecule has 0 unspecified atom stereocenters. The van der Waals surface area contributed by atoms with Crippen LogP contribution in [0.2, 0.25) is 0 Å². The highest BCUT2D eigenvalue weighted by Gasteiger charge is 2.24. The van der Waals surface area contributed by atoms with Crippen molar-refractivity contribution in [3.8, 4) is 0 Å². The SMILES string of the molecule is O=C1NC(=Nc2ccccc2Br)S/C1=C\c1ccc([N+](=O)[O-])cc1. The number of aliphatic imine (C=N–C) groups is 1. The number of nitro groups is 1. The second kappa shape index (κ2) is 6.98. The number of carbonyl (C=O) groups is 1. The third-order valence-corrected chi connectivity index (χ3v) is 4.71. The Labute approximate surface area is 150 Å². The van der Waals surface area contributed by atoms with Gasteiger partial charge in [0.1, 0.15) is 0 Å². The Morgan fingerprint density at radius 2 is 1.88 bits per heavy atom. The normalized spacial score (nSPS) is 17.3. The van der Waals surface area contributed by atoms with E-state index < -0.39 is 4.92 Å². The molecule has 0 saturated carbocycles. The summed E-state index contributed by atoms with van der Waals surface area (Å²) in [4.78, 5) is 27.1. The number of amides is 1. The van der Waals surface area contributed by atoms with E-state index in [4.69, 9.17) is 0 Å². The van der Waals surface area contributed by atoms with Crippen LogP contribution in [0.25, 0.3) is 6.08 Å². The molecule has 0 radical (unpaired) electrons. The van der Waals surface area contributed by atoms with E-state index in [1.54, 1.807) is 18.2 Å². The van der Waals surface area contributed by atoms with Gasteiger partial charge in [0.15, 0.2) is 5.17 Å². The van der Waals surface area contributed by atoms with Crippen molar-refractivity contribution in [1.29, 1.82) is 0 Å². The number of para-hydroxylation sites is 1. The molecule has 1 aliphatic rings. The van der Waals surface area contributed by atoms with Crippen molar-refractivity contribution in [2.45, 2.75) is 0 Å². The molecule has 1 amide bonds. The Balaban J connectivity index is 1.82. The van der Waals surface area contributed by atoms with Gasteiger partial charge in [0.05, 0.1) is 15.5 Å². The first kappa shape index (κ1) is 16.4. The van der Waals surface area contributed by atoms with Crippen LogP contribution >= 0.6 is 27.7 Å². The fraction of sp³-hybridized carbons (Fsp3) is 0. The molecule has 0 aromatic heterocycles. The molecule has 3 rings (SSSR count). The Bertz CT molecular complexity index is 878. The van der Waals surface area contributed by atoms with Crippen LogP contribution in [0.3, 0.4) is 0 Å². The van der Waals surface area contributed by atoms with Gasteiger partial charge in [-0.1, -0.05) is 12.1 Å². The molecule has 0 atom stereocenters. The fourth-order valence-corrected chi connectivity index (χ4v) is 3.18. The van der Waals surface area contributed by atoms with Gasteiger partial charge in [0.2, 0.25) is 0 Å². The summed E-state index contributed by atoms with van der Waals surface area (Å²) in [6.07, 6.45) is 1.67. The standard InChI is InChI=1S/C16H10BrN3O3S/c17-12-3-1-2-4-13(12)18-16-19-15(21)14(24-16)9-10-5-7-11(8-6-10)20(22)23/h1-9H,(H,18,19,21)/b14-9-. The molecular weight excluding hydrogens is 394 g/mol. The molecule has 6 nitrogen and oxygen atoms in total. The van der Waals surface area contributed by atoms with E-state index in [2.05, 4.69) is 26.2 Å². The van der Waals surface area contributed by atoms with Gasteiger partial charge in [-0.05, 0) is 63.6 Å². The number of rotatable bonds is 3. The summed E-state index contributed by atoms with van der Waals surface area (Å²) < 4.78 is 0.833. The third kappa shape index (κ3) is 3.72. The second-order valence-electron chi connectivity index (χ2n) is 4.78. The van der Waals surface area contributed by atoms with Crippen LogP contribution in [-0.2, 0) is 4.79 Å². The van der Waals surface area contributed by atoms with E-state index in [-0.39, 0.29) is 11.6 Å². The van der Waals surface area contributed by atoms with E-state index in [0.29, 0.717) is 15.6 Å².